The lowest BCUT2D eigenvalue weighted by Crippen LogP contribution is -2.54. The highest BCUT2D eigenvalue weighted by Crippen LogP contribution is 2.26. The molecule has 3 atom stereocenters. The number of likely N-dealkylation sites (tertiary alicyclic amines) is 1. The highest BCUT2D eigenvalue weighted by molar-refractivity contribution is 7.88. The number of nitrogens with zero attached hydrogens (tertiary/aromatic N) is 2. The number of aliphatic carboxylic acids is 1. The molecule has 2 heterocycles. The molecule has 2 aliphatic heterocycles. The normalized spacial score (nSPS) is 31.3. The molecular weight excluding hydrogens is 300 g/mol. The number of β-amino-alcohol motifs (C(OH)–C–C–N with tert-alkyl or cyclic N) is 1. The Kier molecular flexibility index (Phi) is 4.54. The molecule has 0 aliphatic carbocycles. The Balaban J connectivity index is 2.22. The predicted molar refractivity (Wildman–Crippen MR) is 72.9 cm³/mol. The molecule has 9 heteroatoms. The average molecular weight is 320 g/mol. The zero-order valence-corrected chi connectivity index (χ0v) is 12.6. The number of carboxylic acids is 1. The van der Waals surface area contributed by atoms with Gasteiger partial charge in [-0.1, -0.05) is 6.42 Å². The maximum atomic E-state index is 12.6. The number of aliphatic hydroxyl groups is 1. The maximum absolute atomic E-state index is 12.6. The summed E-state index contributed by atoms with van der Waals surface area (Å²) in [5.41, 5.74) is 0. The van der Waals surface area contributed by atoms with E-state index >= 15 is 0 Å². The monoisotopic (exact) mass is 320 g/mol. The first-order valence-electron chi connectivity index (χ1n) is 6.90. The molecule has 0 aromatic carbocycles. The first kappa shape index (κ1) is 16.2. The Morgan fingerprint density at radius 3 is 2.43 bits per heavy atom. The van der Waals surface area contributed by atoms with Crippen molar-refractivity contribution in [1.29, 1.82) is 0 Å². The van der Waals surface area contributed by atoms with Crippen LogP contribution >= 0.6 is 0 Å². The molecule has 8 nitrogen and oxygen atoms in total. The largest absolute Gasteiger partial charge is 0.480 e. The molecule has 21 heavy (non-hydrogen) atoms. The van der Waals surface area contributed by atoms with Crippen molar-refractivity contribution >= 4 is 21.9 Å². The molecule has 2 N–H and O–H groups in total. The van der Waals surface area contributed by atoms with Crippen molar-refractivity contribution in [2.75, 3.05) is 19.3 Å². The minimum absolute atomic E-state index is 0.0212. The van der Waals surface area contributed by atoms with E-state index in [9.17, 15) is 23.1 Å². The van der Waals surface area contributed by atoms with Crippen molar-refractivity contribution in [1.82, 2.24) is 9.21 Å². The van der Waals surface area contributed by atoms with Crippen molar-refractivity contribution in [2.24, 2.45) is 0 Å². The number of aliphatic hydroxyl groups excluding tert-OH is 1. The summed E-state index contributed by atoms with van der Waals surface area (Å²) in [6.45, 7) is 0.202. The number of carbonyl (C=O) groups is 2. The second-order valence-electron chi connectivity index (χ2n) is 5.62. The zero-order valence-electron chi connectivity index (χ0n) is 11.8. The molecule has 1 unspecified atom stereocenters. The Labute approximate surface area is 123 Å². The number of carboxylic acid groups (broad SMARTS) is 1. The van der Waals surface area contributed by atoms with E-state index in [1.165, 1.54) is 0 Å². The smallest absolute Gasteiger partial charge is 0.326 e. The van der Waals surface area contributed by atoms with E-state index in [1.54, 1.807) is 0 Å². The van der Waals surface area contributed by atoms with Crippen LogP contribution in [-0.2, 0) is 19.6 Å². The van der Waals surface area contributed by atoms with E-state index in [4.69, 9.17) is 5.11 Å². The fourth-order valence-corrected chi connectivity index (χ4v) is 4.15. The van der Waals surface area contributed by atoms with Crippen LogP contribution in [-0.4, -0.2) is 77.2 Å². The third-order valence-corrected chi connectivity index (χ3v) is 5.30. The van der Waals surface area contributed by atoms with Gasteiger partial charge in [0.2, 0.25) is 15.9 Å². The van der Waals surface area contributed by atoms with Crippen LogP contribution in [0.2, 0.25) is 0 Å². The van der Waals surface area contributed by atoms with Gasteiger partial charge < -0.3 is 15.1 Å². The van der Waals surface area contributed by atoms with E-state index < -0.39 is 40.1 Å². The molecular formula is C12H20N2O6S. The number of piperidine rings is 1. The number of rotatable bonds is 3. The molecule has 0 radical (unpaired) electrons. The van der Waals surface area contributed by atoms with Crippen molar-refractivity contribution in [2.45, 2.75) is 43.9 Å². The lowest BCUT2D eigenvalue weighted by atomic mass is 10.0. The molecule has 0 spiro atoms. The molecule has 0 aromatic rings. The van der Waals surface area contributed by atoms with Crippen LogP contribution in [0, 0.1) is 0 Å². The third-order valence-electron chi connectivity index (χ3n) is 4.01. The quantitative estimate of drug-likeness (QED) is 0.678. The van der Waals surface area contributed by atoms with Crippen molar-refractivity contribution in [3.63, 3.8) is 0 Å². The maximum Gasteiger partial charge on any atom is 0.326 e. The summed E-state index contributed by atoms with van der Waals surface area (Å²) in [6, 6.07) is -1.95. The van der Waals surface area contributed by atoms with Gasteiger partial charge in [0.05, 0.1) is 12.4 Å². The summed E-state index contributed by atoms with van der Waals surface area (Å²) in [5.74, 6) is -1.70. The van der Waals surface area contributed by atoms with Crippen LogP contribution in [0.4, 0.5) is 0 Å². The highest BCUT2D eigenvalue weighted by atomic mass is 32.2. The van der Waals surface area contributed by atoms with Crippen molar-refractivity contribution < 1.29 is 28.2 Å². The van der Waals surface area contributed by atoms with Crippen LogP contribution in [0.3, 0.4) is 0 Å². The van der Waals surface area contributed by atoms with Crippen LogP contribution < -0.4 is 0 Å². The molecule has 1 amide bonds. The molecule has 0 saturated carbocycles. The summed E-state index contributed by atoms with van der Waals surface area (Å²) in [6.07, 6.45) is 1.92. The fraction of sp³-hybridized carbons (Fsp3) is 0.833. The van der Waals surface area contributed by atoms with Gasteiger partial charge in [-0.25, -0.2) is 13.2 Å². The molecule has 0 aromatic heterocycles. The minimum Gasteiger partial charge on any atom is -0.480 e. The van der Waals surface area contributed by atoms with E-state index in [-0.39, 0.29) is 19.5 Å². The summed E-state index contributed by atoms with van der Waals surface area (Å²) in [7, 11) is -3.52. The van der Waals surface area contributed by atoms with Crippen LogP contribution in [0.25, 0.3) is 0 Å². The third kappa shape index (κ3) is 3.35. The summed E-state index contributed by atoms with van der Waals surface area (Å²) >= 11 is 0. The molecule has 0 bridgehead atoms. The molecule has 2 rings (SSSR count). The van der Waals surface area contributed by atoms with Gasteiger partial charge in [-0.05, 0) is 12.8 Å². The van der Waals surface area contributed by atoms with Gasteiger partial charge in [0.25, 0.3) is 0 Å². The summed E-state index contributed by atoms with van der Waals surface area (Å²) in [5, 5.41) is 18.7. The van der Waals surface area contributed by atoms with E-state index in [0.29, 0.717) is 12.8 Å². The molecule has 2 aliphatic rings. The molecule has 120 valence electrons. The molecule has 2 fully saturated rings. The number of sulfonamides is 1. The number of hydrogen-bond acceptors (Lipinski definition) is 5. The topological polar surface area (TPSA) is 115 Å². The average Bonchev–Trinajstić information content (AvgIpc) is 2.79. The number of carbonyl (C=O) groups excluding carboxylic acids is 1. The van der Waals surface area contributed by atoms with Crippen LogP contribution in [0.1, 0.15) is 25.7 Å². The Bertz CT molecular complexity index is 534. The minimum atomic E-state index is -3.52. The highest BCUT2D eigenvalue weighted by Gasteiger charge is 2.44. The van der Waals surface area contributed by atoms with E-state index in [1.807, 2.05) is 0 Å². The fourth-order valence-electron chi connectivity index (χ4n) is 3.03. The van der Waals surface area contributed by atoms with Gasteiger partial charge >= 0.3 is 5.97 Å². The Hall–Kier alpha value is -1.19. The van der Waals surface area contributed by atoms with Gasteiger partial charge in [0.1, 0.15) is 12.1 Å². The van der Waals surface area contributed by atoms with E-state index in [0.717, 1.165) is 21.9 Å². The zero-order chi connectivity index (χ0) is 15.8. The van der Waals surface area contributed by atoms with Crippen LogP contribution in [0.5, 0.6) is 0 Å². The summed E-state index contributed by atoms with van der Waals surface area (Å²) < 4.78 is 24.7. The van der Waals surface area contributed by atoms with E-state index in [2.05, 4.69) is 0 Å². The van der Waals surface area contributed by atoms with Crippen LogP contribution in [0.15, 0.2) is 0 Å². The standard InChI is InChI=1S/C12H20N2O6S/c1-21(19,20)14-5-3-2-4-9(14)11(16)13-7-8(15)6-10(13)12(17)18/h8-10,15H,2-7H2,1H3,(H,17,18)/t8-,9?,10-/m0/s1. The van der Waals surface area contributed by atoms with Gasteiger partial charge in [-0.2, -0.15) is 4.31 Å². The Morgan fingerprint density at radius 1 is 1.19 bits per heavy atom. The van der Waals surface area contributed by atoms with Gasteiger partial charge in [-0.15, -0.1) is 0 Å². The van der Waals surface area contributed by atoms with Gasteiger partial charge in [0.15, 0.2) is 0 Å². The molecule has 2 saturated heterocycles. The second-order valence-corrected chi connectivity index (χ2v) is 7.55. The first-order valence-corrected chi connectivity index (χ1v) is 8.75. The SMILES string of the molecule is CS(=O)(=O)N1CCCCC1C(=O)N1C[C@@H](O)C[C@H]1C(=O)O. The lowest BCUT2D eigenvalue weighted by molar-refractivity contribution is -0.150. The first-order chi connectivity index (χ1) is 9.71. The second kappa shape index (κ2) is 5.90. The lowest BCUT2D eigenvalue weighted by Gasteiger charge is -2.35. The van der Waals surface area contributed by atoms with Crippen molar-refractivity contribution in [3.05, 3.63) is 0 Å². The Morgan fingerprint density at radius 2 is 1.86 bits per heavy atom. The number of amides is 1. The van der Waals surface area contributed by atoms with Gasteiger partial charge in [-0.3, -0.25) is 4.79 Å². The number of hydrogen-bond donors (Lipinski definition) is 2. The summed E-state index contributed by atoms with van der Waals surface area (Å²) in [4.78, 5) is 24.8. The predicted octanol–water partition coefficient (Wildman–Crippen LogP) is -1.15. The van der Waals surface area contributed by atoms with Crippen molar-refractivity contribution in [3.8, 4) is 0 Å². The van der Waals surface area contributed by atoms with Gasteiger partial charge in [0, 0.05) is 19.5 Å².